The average Bonchev–Trinajstić information content (AvgIpc) is 2.70. The van der Waals surface area contributed by atoms with E-state index in [4.69, 9.17) is 9.84 Å². The van der Waals surface area contributed by atoms with E-state index in [-0.39, 0.29) is 12.4 Å². The molecule has 0 aliphatic heterocycles. The van der Waals surface area contributed by atoms with Crippen molar-refractivity contribution in [1.29, 1.82) is 0 Å². The molecule has 5 heteroatoms. The van der Waals surface area contributed by atoms with Crippen LogP contribution in [0.5, 0.6) is 0 Å². The Bertz CT molecular complexity index is 387. The van der Waals surface area contributed by atoms with Crippen molar-refractivity contribution in [2.24, 2.45) is 5.92 Å². The Morgan fingerprint density at radius 2 is 1.28 bits per heavy atom. The highest BCUT2D eigenvalue weighted by Crippen LogP contribution is 2.20. The lowest BCUT2D eigenvalue weighted by Crippen LogP contribution is -2.14. The van der Waals surface area contributed by atoms with Gasteiger partial charge in [-0.3, -0.25) is 9.59 Å². The molecule has 0 aromatic rings. The van der Waals surface area contributed by atoms with E-state index in [1.165, 1.54) is 77.0 Å². The minimum Gasteiger partial charge on any atom is -0.481 e. The van der Waals surface area contributed by atoms with Gasteiger partial charge in [0.15, 0.2) is 0 Å². The fourth-order valence-corrected chi connectivity index (χ4v) is 4.31. The van der Waals surface area contributed by atoms with Crippen molar-refractivity contribution in [1.82, 2.24) is 0 Å². The molecule has 0 fully saturated rings. The summed E-state index contributed by atoms with van der Waals surface area (Å²) < 4.78 is 5.59. The van der Waals surface area contributed by atoms with Crippen molar-refractivity contribution in [2.75, 3.05) is 18.1 Å². The van der Waals surface area contributed by atoms with Crippen molar-refractivity contribution in [3.8, 4) is 0 Å². The minimum absolute atomic E-state index is 0.0716. The second kappa shape index (κ2) is 22.0. The van der Waals surface area contributed by atoms with Crippen LogP contribution < -0.4 is 0 Å². The molecule has 0 spiro atoms. The number of carbonyl (C=O) groups excluding carboxylic acids is 1. The molecule has 4 nitrogen and oxygen atoms in total. The third kappa shape index (κ3) is 21.8. The molecule has 1 atom stereocenters. The highest BCUT2D eigenvalue weighted by Gasteiger charge is 2.12. The van der Waals surface area contributed by atoms with Crippen molar-refractivity contribution in [2.45, 2.75) is 117 Å². The summed E-state index contributed by atoms with van der Waals surface area (Å²) in [5, 5.41) is 8.61. The summed E-state index contributed by atoms with van der Waals surface area (Å²) in [6.07, 6.45) is 17.6. The fraction of sp³-hybridized carbons (Fsp3) is 0.917. The van der Waals surface area contributed by atoms with Crippen LogP contribution in [0.25, 0.3) is 0 Å². The van der Waals surface area contributed by atoms with Gasteiger partial charge in [0.1, 0.15) is 0 Å². The van der Waals surface area contributed by atoms with Gasteiger partial charge in [0.2, 0.25) is 0 Å². The van der Waals surface area contributed by atoms with Crippen molar-refractivity contribution >= 4 is 23.7 Å². The summed E-state index contributed by atoms with van der Waals surface area (Å²) in [5.74, 6) is 1.45. The summed E-state index contributed by atoms with van der Waals surface area (Å²) in [6.45, 7) is 5.07. The van der Waals surface area contributed by atoms with Crippen LogP contribution >= 0.6 is 11.8 Å². The Balaban J connectivity index is 3.89. The number of ether oxygens (including phenoxy) is 1. The molecule has 1 N–H and O–H groups in total. The normalized spacial score (nSPS) is 12.1. The van der Waals surface area contributed by atoms with E-state index in [9.17, 15) is 9.59 Å². The molecule has 0 aromatic carbocycles. The van der Waals surface area contributed by atoms with Gasteiger partial charge >= 0.3 is 11.9 Å². The summed E-state index contributed by atoms with van der Waals surface area (Å²) >= 11 is 1.73. The molecule has 0 rings (SSSR count). The van der Waals surface area contributed by atoms with Crippen LogP contribution in [0.3, 0.4) is 0 Å². The molecule has 0 amide bonds. The van der Waals surface area contributed by atoms with Gasteiger partial charge in [0.25, 0.3) is 0 Å². The Morgan fingerprint density at radius 3 is 1.86 bits per heavy atom. The number of carboxylic acid groups (broad SMARTS) is 1. The molecule has 0 aliphatic carbocycles. The van der Waals surface area contributed by atoms with E-state index in [0.29, 0.717) is 25.4 Å². The van der Waals surface area contributed by atoms with E-state index < -0.39 is 5.97 Å². The van der Waals surface area contributed by atoms with Gasteiger partial charge in [-0.1, -0.05) is 78.1 Å². The van der Waals surface area contributed by atoms with Gasteiger partial charge < -0.3 is 9.84 Å². The van der Waals surface area contributed by atoms with Crippen LogP contribution in [0, 0.1) is 5.92 Å². The smallest absolute Gasteiger partial charge is 0.305 e. The number of hydrogen-bond acceptors (Lipinski definition) is 4. The number of hydrogen-bond donors (Lipinski definition) is 1. The first-order valence-electron chi connectivity index (χ1n) is 12.0. The monoisotopic (exact) mass is 430 g/mol. The molecule has 0 heterocycles. The van der Waals surface area contributed by atoms with Gasteiger partial charge in [-0.25, -0.2) is 0 Å². The number of carboxylic acids is 1. The first-order chi connectivity index (χ1) is 14.1. The largest absolute Gasteiger partial charge is 0.481 e. The highest BCUT2D eigenvalue weighted by atomic mass is 32.2. The third-order valence-corrected chi connectivity index (χ3v) is 6.42. The number of carbonyl (C=O) groups is 2. The maximum Gasteiger partial charge on any atom is 0.305 e. The quantitative estimate of drug-likeness (QED) is 0.145. The van der Waals surface area contributed by atoms with E-state index in [1.807, 2.05) is 0 Å². The third-order valence-electron chi connectivity index (χ3n) is 5.26. The predicted molar refractivity (Wildman–Crippen MR) is 125 cm³/mol. The number of aliphatic carboxylic acids is 1. The molecule has 0 radical (unpaired) electrons. The Hall–Kier alpha value is -0.710. The predicted octanol–water partition coefficient (Wildman–Crippen LogP) is 7.25. The maximum absolute atomic E-state index is 12.0. The molecule has 172 valence electrons. The number of esters is 1. The first-order valence-corrected chi connectivity index (χ1v) is 13.2. The molecule has 0 saturated carbocycles. The Kier molecular flexibility index (Phi) is 21.4. The Labute approximate surface area is 183 Å². The average molecular weight is 431 g/mol. The van der Waals surface area contributed by atoms with Gasteiger partial charge in [0, 0.05) is 12.8 Å². The van der Waals surface area contributed by atoms with Crippen LogP contribution in [-0.4, -0.2) is 35.2 Å². The summed E-state index contributed by atoms with van der Waals surface area (Å²) in [5.41, 5.74) is 0. The lowest BCUT2D eigenvalue weighted by atomic mass is 9.95. The van der Waals surface area contributed by atoms with Crippen LogP contribution in [0.4, 0.5) is 0 Å². The highest BCUT2D eigenvalue weighted by molar-refractivity contribution is 7.99. The number of rotatable bonds is 22. The van der Waals surface area contributed by atoms with E-state index in [2.05, 4.69) is 13.8 Å². The molecule has 0 bridgehead atoms. The summed E-state index contributed by atoms with van der Waals surface area (Å²) in [4.78, 5) is 22.5. The van der Waals surface area contributed by atoms with E-state index >= 15 is 0 Å². The van der Waals surface area contributed by atoms with Gasteiger partial charge in [-0.15, -0.1) is 0 Å². The number of unbranched alkanes of at least 4 members (excludes halogenated alkanes) is 8. The molecule has 29 heavy (non-hydrogen) atoms. The van der Waals surface area contributed by atoms with Crippen molar-refractivity contribution in [3.63, 3.8) is 0 Å². The van der Waals surface area contributed by atoms with E-state index in [0.717, 1.165) is 17.9 Å². The topological polar surface area (TPSA) is 63.6 Å². The fourth-order valence-electron chi connectivity index (χ4n) is 3.41. The second-order valence-electron chi connectivity index (χ2n) is 8.17. The Morgan fingerprint density at radius 1 is 0.759 bits per heavy atom. The zero-order valence-electron chi connectivity index (χ0n) is 19.1. The summed E-state index contributed by atoms with van der Waals surface area (Å²) in [7, 11) is 0. The van der Waals surface area contributed by atoms with E-state index in [1.54, 1.807) is 11.8 Å². The number of thioether (sulfide) groups is 1. The molecule has 0 aliphatic rings. The standard InChI is InChI=1S/C24H46O4S/c1-3-5-7-9-10-12-16-22(15-11-8-6-4-2)21-28-24(27)18-14-20-29-19-13-17-23(25)26/h22H,3-21H2,1-2H3,(H,25,26). The first kappa shape index (κ1) is 28.3. The van der Waals surface area contributed by atoms with Gasteiger partial charge in [-0.2, -0.15) is 11.8 Å². The zero-order chi connectivity index (χ0) is 21.6. The van der Waals surface area contributed by atoms with Crippen LogP contribution in [0.1, 0.15) is 117 Å². The zero-order valence-corrected chi connectivity index (χ0v) is 19.9. The lowest BCUT2D eigenvalue weighted by molar-refractivity contribution is -0.145. The molecule has 0 saturated heterocycles. The van der Waals surface area contributed by atoms with Crippen LogP contribution in [-0.2, 0) is 14.3 Å². The lowest BCUT2D eigenvalue weighted by Gasteiger charge is -2.17. The van der Waals surface area contributed by atoms with Crippen LogP contribution in [0.15, 0.2) is 0 Å². The SMILES string of the molecule is CCCCCCCCC(CCCCCC)COC(=O)CCCSCCCC(=O)O. The van der Waals surface area contributed by atoms with Crippen molar-refractivity contribution < 1.29 is 19.4 Å². The molecular weight excluding hydrogens is 384 g/mol. The minimum atomic E-state index is -0.737. The molecule has 1 unspecified atom stereocenters. The maximum atomic E-state index is 12.0. The molecular formula is C24H46O4S. The second-order valence-corrected chi connectivity index (χ2v) is 9.39. The van der Waals surface area contributed by atoms with Crippen LogP contribution in [0.2, 0.25) is 0 Å². The van der Waals surface area contributed by atoms with Gasteiger partial charge in [-0.05, 0) is 43.1 Å². The van der Waals surface area contributed by atoms with Crippen molar-refractivity contribution in [3.05, 3.63) is 0 Å². The summed E-state index contributed by atoms with van der Waals surface area (Å²) in [6, 6.07) is 0. The van der Waals surface area contributed by atoms with Gasteiger partial charge in [0.05, 0.1) is 6.61 Å². The molecule has 0 aromatic heterocycles.